The summed E-state index contributed by atoms with van der Waals surface area (Å²) in [5.74, 6) is 0.722. The molecule has 3 aromatic carbocycles. The van der Waals surface area contributed by atoms with Gasteiger partial charge in [-0.1, -0.05) is 17.7 Å². The van der Waals surface area contributed by atoms with Gasteiger partial charge >= 0.3 is 5.97 Å². The lowest BCUT2D eigenvalue weighted by Gasteiger charge is -2.33. The quantitative estimate of drug-likeness (QED) is 0.510. The first-order chi connectivity index (χ1) is 16.2. The standard InChI is InChI=1S/C25H25ClO8/c1-10-7-11-18(23(32-4)16(10)25(29)34-6)19-12(21(28)20(11)27)8-13-17(24(19)33-5)15(30-2)9-14(26)22(13)31-3/h7-9,20-21,27-28H,1-6H3/t20-,21-/m0/s1. The molecule has 0 bridgehead atoms. The second-order valence-corrected chi connectivity index (χ2v) is 8.24. The highest BCUT2D eigenvalue weighted by Crippen LogP contribution is 2.57. The lowest BCUT2D eigenvalue weighted by atomic mass is 9.77. The van der Waals surface area contributed by atoms with Gasteiger partial charge in [0.25, 0.3) is 0 Å². The molecule has 0 radical (unpaired) electrons. The summed E-state index contributed by atoms with van der Waals surface area (Å²) in [5.41, 5.74) is 2.34. The number of carbonyl (C=O) groups is 1. The lowest BCUT2D eigenvalue weighted by molar-refractivity contribution is 0.0155. The molecule has 0 aliphatic heterocycles. The summed E-state index contributed by atoms with van der Waals surface area (Å²) in [6, 6.07) is 4.93. The number of methoxy groups -OCH3 is 5. The zero-order chi connectivity index (χ0) is 24.9. The Kier molecular flexibility index (Phi) is 6.24. The van der Waals surface area contributed by atoms with Crippen LogP contribution in [0.5, 0.6) is 23.0 Å². The van der Waals surface area contributed by atoms with E-state index in [1.54, 1.807) is 25.1 Å². The number of esters is 1. The summed E-state index contributed by atoms with van der Waals surface area (Å²) in [4.78, 5) is 12.6. The molecular weight excluding hydrogens is 464 g/mol. The molecule has 180 valence electrons. The first-order valence-electron chi connectivity index (χ1n) is 10.4. The number of hydrogen-bond acceptors (Lipinski definition) is 8. The number of halogens is 1. The van der Waals surface area contributed by atoms with Crippen molar-refractivity contribution in [3.8, 4) is 34.1 Å². The largest absolute Gasteiger partial charge is 0.496 e. The van der Waals surface area contributed by atoms with Crippen LogP contribution in [0.1, 0.15) is 39.3 Å². The smallest absolute Gasteiger partial charge is 0.341 e. The van der Waals surface area contributed by atoms with Gasteiger partial charge in [0.05, 0.1) is 46.0 Å². The molecule has 34 heavy (non-hydrogen) atoms. The lowest BCUT2D eigenvalue weighted by Crippen LogP contribution is -2.20. The number of carbonyl (C=O) groups excluding carboxylic acids is 1. The van der Waals surface area contributed by atoms with Gasteiger partial charge in [0.2, 0.25) is 0 Å². The Hall–Kier alpha value is -3.20. The van der Waals surface area contributed by atoms with Crippen LogP contribution in [-0.4, -0.2) is 51.7 Å². The van der Waals surface area contributed by atoms with Gasteiger partial charge in [0.15, 0.2) is 0 Å². The third kappa shape index (κ3) is 3.25. The maximum absolute atomic E-state index is 12.6. The van der Waals surface area contributed by atoms with E-state index >= 15 is 0 Å². The van der Waals surface area contributed by atoms with E-state index < -0.39 is 18.2 Å². The third-order valence-electron chi connectivity index (χ3n) is 6.20. The van der Waals surface area contributed by atoms with Crippen LogP contribution in [0.3, 0.4) is 0 Å². The zero-order valence-corrected chi connectivity index (χ0v) is 20.4. The van der Waals surface area contributed by atoms with Gasteiger partial charge in [-0.25, -0.2) is 4.79 Å². The fourth-order valence-electron chi connectivity index (χ4n) is 4.75. The average molecular weight is 489 g/mol. The fourth-order valence-corrected chi connectivity index (χ4v) is 5.03. The van der Waals surface area contributed by atoms with Crippen molar-refractivity contribution in [3.63, 3.8) is 0 Å². The molecule has 0 fully saturated rings. The van der Waals surface area contributed by atoms with Crippen molar-refractivity contribution < 1.29 is 38.7 Å². The van der Waals surface area contributed by atoms with Crippen LogP contribution >= 0.6 is 11.6 Å². The molecule has 0 spiro atoms. The van der Waals surface area contributed by atoms with E-state index in [9.17, 15) is 15.0 Å². The van der Waals surface area contributed by atoms with E-state index in [2.05, 4.69) is 0 Å². The van der Waals surface area contributed by atoms with E-state index in [0.717, 1.165) is 0 Å². The zero-order valence-electron chi connectivity index (χ0n) is 19.6. The van der Waals surface area contributed by atoms with Gasteiger partial charge < -0.3 is 33.9 Å². The number of aliphatic hydroxyl groups is 2. The monoisotopic (exact) mass is 488 g/mol. The molecule has 3 aromatic rings. The summed E-state index contributed by atoms with van der Waals surface area (Å²) in [7, 11) is 7.17. The minimum atomic E-state index is -1.30. The SMILES string of the molecule is COC(=O)c1c(C)cc2c(c1OC)-c1c(cc3c(OC)c(Cl)cc(OC)c3c1OC)[C@H](O)[C@H]2O. The van der Waals surface area contributed by atoms with Crippen molar-refractivity contribution in [1.82, 2.24) is 0 Å². The van der Waals surface area contributed by atoms with E-state index in [1.165, 1.54) is 35.5 Å². The molecule has 1 aliphatic rings. The van der Waals surface area contributed by atoms with Crippen molar-refractivity contribution in [3.05, 3.63) is 45.5 Å². The minimum absolute atomic E-state index is 0.201. The number of benzene rings is 3. The number of hydrogen-bond donors (Lipinski definition) is 2. The molecule has 0 aromatic heterocycles. The summed E-state index contributed by atoms with van der Waals surface area (Å²) < 4.78 is 27.7. The van der Waals surface area contributed by atoms with Crippen LogP contribution in [0, 0.1) is 6.92 Å². The van der Waals surface area contributed by atoms with Crippen molar-refractivity contribution >= 4 is 28.3 Å². The highest BCUT2D eigenvalue weighted by Gasteiger charge is 2.39. The number of fused-ring (bicyclic) bond motifs is 4. The molecule has 0 saturated carbocycles. The minimum Gasteiger partial charge on any atom is -0.496 e. The van der Waals surface area contributed by atoms with E-state index in [0.29, 0.717) is 60.9 Å². The van der Waals surface area contributed by atoms with Crippen molar-refractivity contribution in [2.75, 3.05) is 35.5 Å². The molecule has 9 heteroatoms. The number of rotatable bonds is 5. The van der Waals surface area contributed by atoms with Gasteiger partial charge in [-0.2, -0.15) is 0 Å². The topological polar surface area (TPSA) is 104 Å². The maximum Gasteiger partial charge on any atom is 0.341 e. The molecule has 2 atom stereocenters. The van der Waals surface area contributed by atoms with Crippen LogP contribution < -0.4 is 18.9 Å². The molecule has 0 saturated heterocycles. The summed E-state index contributed by atoms with van der Waals surface area (Å²) >= 11 is 6.42. The average Bonchev–Trinajstić information content (AvgIpc) is 2.84. The van der Waals surface area contributed by atoms with Crippen molar-refractivity contribution in [1.29, 1.82) is 0 Å². The van der Waals surface area contributed by atoms with Gasteiger partial charge in [-0.15, -0.1) is 0 Å². The molecule has 4 rings (SSSR count). The Morgan fingerprint density at radius 2 is 1.38 bits per heavy atom. The summed E-state index contributed by atoms with van der Waals surface area (Å²) in [6.07, 6.45) is -2.60. The predicted octanol–water partition coefficient (Wildman–Crippen LogP) is 4.37. The fraction of sp³-hybridized carbons (Fsp3) is 0.320. The Balaban J connectivity index is 2.27. The normalized spacial score (nSPS) is 16.5. The first kappa shape index (κ1) is 23.9. The van der Waals surface area contributed by atoms with Crippen LogP contribution in [0.15, 0.2) is 18.2 Å². The van der Waals surface area contributed by atoms with Crippen LogP contribution in [0.25, 0.3) is 21.9 Å². The summed E-state index contributed by atoms with van der Waals surface area (Å²) in [5, 5.41) is 23.6. The van der Waals surface area contributed by atoms with E-state index in [-0.39, 0.29) is 11.3 Å². The Bertz CT molecular complexity index is 1320. The van der Waals surface area contributed by atoms with Gasteiger partial charge in [0.1, 0.15) is 40.8 Å². The van der Waals surface area contributed by atoms with Gasteiger partial charge in [0, 0.05) is 22.6 Å². The molecular formula is C25H25ClO8. The first-order valence-corrected chi connectivity index (χ1v) is 10.7. The Morgan fingerprint density at radius 1 is 0.824 bits per heavy atom. The number of aliphatic hydroxyl groups excluding tert-OH is 2. The third-order valence-corrected chi connectivity index (χ3v) is 6.48. The van der Waals surface area contributed by atoms with Crippen LogP contribution in [0.2, 0.25) is 5.02 Å². The van der Waals surface area contributed by atoms with Crippen LogP contribution in [-0.2, 0) is 4.74 Å². The summed E-state index contributed by atoms with van der Waals surface area (Å²) in [6.45, 7) is 1.71. The Morgan fingerprint density at radius 3 is 1.91 bits per heavy atom. The van der Waals surface area contributed by atoms with E-state index in [4.69, 9.17) is 35.3 Å². The number of aryl methyl sites for hydroxylation is 1. The molecule has 0 heterocycles. The molecule has 0 amide bonds. The molecule has 2 N–H and O–H groups in total. The highest BCUT2D eigenvalue weighted by atomic mass is 35.5. The van der Waals surface area contributed by atoms with Crippen LogP contribution in [0.4, 0.5) is 0 Å². The second-order valence-electron chi connectivity index (χ2n) is 7.84. The highest BCUT2D eigenvalue weighted by molar-refractivity contribution is 6.34. The van der Waals surface area contributed by atoms with Gasteiger partial charge in [-0.05, 0) is 29.7 Å². The van der Waals surface area contributed by atoms with E-state index in [1.807, 2.05) is 0 Å². The second kappa shape index (κ2) is 8.87. The molecule has 8 nitrogen and oxygen atoms in total. The Labute approximate surface area is 201 Å². The molecule has 0 unspecified atom stereocenters. The van der Waals surface area contributed by atoms with Crippen molar-refractivity contribution in [2.45, 2.75) is 19.1 Å². The molecule has 1 aliphatic carbocycles. The van der Waals surface area contributed by atoms with Crippen molar-refractivity contribution in [2.24, 2.45) is 0 Å². The maximum atomic E-state index is 12.6. The van der Waals surface area contributed by atoms with Gasteiger partial charge in [-0.3, -0.25) is 0 Å². The predicted molar refractivity (Wildman–Crippen MR) is 127 cm³/mol. The number of ether oxygens (including phenoxy) is 5.